The molecule has 2 nitrogen and oxygen atoms in total. The van der Waals surface area contributed by atoms with Crippen molar-refractivity contribution in [2.24, 2.45) is 0 Å². The summed E-state index contributed by atoms with van der Waals surface area (Å²) in [5.41, 5.74) is 1.27. The van der Waals surface area contributed by atoms with Crippen LogP contribution in [0.1, 0.15) is 45.1 Å². The number of hydrogen-bond donors (Lipinski definition) is 1. The molecule has 0 radical (unpaired) electrons. The Morgan fingerprint density at radius 2 is 1.93 bits per heavy atom. The molecule has 0 aliphatic heterocycles. The quantitative estimate of drug-likeness (QED) is 0.796. The lowest BCUT2D eigenvalue weighted by Crippen LogP contribution is -2.15. The highest BCUT2D eigenvalue weighted by Crippen LogP contribution is 2.21. The fraction of sp³-hybridized carbons (Fsp3) is 0.615. The highest BCUT2D eigenvalue weighted by Gasteiger charge is 2.14. The van der Waals surface area contributed by atoms with Crippen molar-refractivity contribution < 1.29 is 0 Å². The van der Waals surface area contributed by atoms with Crippen molar-refractivity contribution in [1.82, 2.24) is 4.98 Å². The Hall–Kier alpha value is -1.05. The van der Waals surface area contributed by atoms with E-state index in [4.69, 9.17) is 0 Å². The van der Waals surface area contributed by atoms with E-state index >= 15 is 0 Å². The number of anilines is 1. The van der Waals surface area contributed by atoms with Crippen molar-refractivity contribution >= 4 is 5.82 Å². The van der Waals surface area contributed by atoms with Crippen LogP contribution >= 0.6 is 0 Å². The van der Waals surface area contributed by atoms with Gasteiger partial charge in [-0.25, -0.2) is 4.98 Å². The van der Waals surface area contributed by atoms with Crippen LogP contribution in [0, 0.1) is 6.92 Å². The standard InChI is InChI=1S/C11H16N2.C2H6/c1-9-6-7-12-11(8-9)13-10-4-2-3-5-10;1-2/h6-8,10H,2-5H2,1H3,(H,12,13);1-2H3. The average Bonchev–Trinajstić information content (AvgIpc) is 2.74. The maximum atomic E-state index is 4.29. The predicted molar refractivity (Wildman–Crippen MR) is 66.2 cm³/mol. The lowest BCUT2D eigenvalue weighted by molar-refractivity contribution is 0.750. The van der Waals surface area contributed by atoms with E-state index in [1.54, 1.807) is 0 Å². The molecular formula is C13H22N2. The number of hydrogen-bond acceptors (Lipinski definition) is 2. The van der Waals surface area contributed by atoms with Crippen LogP contribution < -0.4 is 5.32 Å². The van der Waals surface area contributed by atoms with Gasteiger partial charge in [0.25, 0.3) is 0 Å². The molecule has 1 N–H and O–H groups in total. The van der Waals surface area contributed by atoms with Crippen molar-refractivity contribution in [3.8, 4) is 0 Å². The number of aromatic nitrogens is 1. The predicted octanol–water partition coefficient (Wildman–Crippen LogP) is 3.77. The van der Waals surface area contributed by atoms with Crippen molar-refractivity contribution in [2.75, 3.05) is 5.32 Å². The number of rotatable bonds is 2. The molecule has 15 heavy (non-hydrogen) atoms. The number of nitrogens with zero attached hydrogens (tertiary/aromatic N) is 1. The van der Waals surface area contributed by atoms with Gasteiger partial charge >= 0.3 is 0 Å². The zero-order valence-electron chi connectivity index (χ0n) is 10.1. The summed E-state index contributed by atoms with van der Waals surface area (Å²) >= 11 is 0. The first-order chi connectivity index (χ1) is 7.34. The molecule has 2 rings (SSSR count). The molecule has 1 saturated carbocycles. The lowest BCUT2D eigenvalue weighted by Gasteiger charge is -2.12. The van der Waals surface area contributed by atoms with E-state index in [0.29, 0.717) is 6.04 Å². The summed E-state index contributed by atoms with van der Waals surface area (Å²) in [5, 5.41) is 3.47. The second kappa shape index (κ2) is 6.44. The minimum atomic E-state index is 0.661. The number of pyridine rings is 1. The summed E-state index contributed by atoms with van der Waals surface area (Å²) < 4.78 is 0. The smallest absolute Gasteiger partial charge is 0.126 e. The van der Waals surface area contributed by atoms with E-state index in [9.17, 15) is 0 Å². The fourth-order valence-electron chi connectivity index (χ4n) is 1.89. The van der Waals surface area contributed by atoms with Crippen LogP contribution in [0.3, 0.4) is 0 Å². The van der Waals surface area contributed by atoms with Gasteiger partial charge in [-0.15, -0.1) is 0 Å². The Morgan fingerprint density at radius 1 is 1.27 bits per heavy atom. The summed E-state index contributed by atoms with van der Waals surface area (Å²) in [6.45, 7) is 6.10. The Morgan fingerprint density at radius 3 is 2.53 bits per heavy atom. The highest BCUT2D eigenvalue weighted by molar-refractivity contribution is 5.38. The second-order valence-corrected chi connectivity index (χ2v) is 3.84. The van der Waals surface area contributed by atoms with Crippen LogP contribution in [-0.4, -0.2) is 11.0 Å². The van der Waals surface area contributed by atoms with Gasteiger partial charge in [-0.1, -0.05) is 26.7 Å². The van der Waals surface area contributed by atoms with Gasteiger partial charge in [0.05, 0.1) is 0 Å². The van der Waals surface area contributed by atoms with Gasteiger partial charge in [-0.3, -0.25) is 0 Å². The number of nitrogens with one attached hydrogen (secondary N) is 1. The average molecular weight is 206 g/mol. The molecule has 0 spiro atoms. The molecule has 1 aliphatic rings. The van der Waals surface area contributed by atoms with Crippen LogP contribution in [0.25, 0.3) is 0 Å². The molecular weight excluding hydrogens is 184 g/mol. The largest absolute Gasteiger partial charge is 0.367 e. The van der Waals surface area contributed by atoms with Crippen LogP contribution in [-0.2, 0) is 0 Å². The molecule has 1 heterocycles. The molecule has 0 atom stereocenters. The van der Waals surface area contributed by atoms with Gasteiger partial charge in [0, 0.05) is 12.2 Å². The van der Waals surface area contributed by atoms with Gasteiger partial charge in [-0.2, -0.15) is 0 Å². The Balaban J connectivity index is 0.000000531. The molecule has 2 heteroatoms. The molecule has 1 aromatic heterocycles. The van der Waals surface area contributed by atoms with Gasteiger partial charge in [0.15, 0.2) is 0 Å². The SMILES string of the molecule is CC.Cc1ccnc(NC2CCCC2)c1. The Bertz CT molecular complexity index is 278. The second-order valence-electron chi connectivity index (χ2n) is 3.84. The third kappa shape index (κ3) is 3.90. The minimum Gasteiger partial charge on any atom is -0.367 e. The molecule has 1 aromatic rings. The van der Waals surface area contributed by atoms with E-state index in [0.717, 1.165) is 5.82 Å². The van der Waals surface area contributed by atoms with Crippen LogP contribution in [0.2, 0.25) is 0 Å². The third-order valence-electron chi connectivity index (χ3n) is 2.62. The molecule has 0 bridgehead atoms. The topological polar surface area (TPSA) is 24.9 Å². The Labute approximate surface area is 93.1 Å². The van der Waals surface area contributed by atoms with E-state index in [-0.39, 0.29) is 0 Å². The van der Waals surface area contributed by atoms with Crippen molar-refractivity contribution in [1.29, 1.82) is 0 Å². The first kappa shape index (κ1) is 12.0. The fourth-order valence-corrected chi connectivity index (χ4v) is 1.89. The molecule has 1 fully saturated rings. The number of aryl methyl sites for hydroxylation is 1. The summed E-state index contributed by atoms with van der Waals surface area (Å²) in [6.07, 6.45) is 7.20. The van der Waals surface area contributed by atoms with Gasteiger partial charge < -0.3 is 5.32 Å². The van der Waals surface area contributed by atoms with Crippen molar-refractivity contribution in [3.05, 3.63) is 23.9 Å². The maximum Gasteiger partial charge on any atom is 0.126 e. The molecule has 1 aliphatic carbocycles. The molecule has 0 unspecified atom stereocenters. The first-order valence-electron chi connectivity index (χ1n) is 6.04. The van der Waals surface area contributed by atoms with E-state index in [1.807, 2.05) is 26.1 Å². The van der Waals surface area contributed by atoms with E-state index in [2.05, 4.69) is 23.3 Å². The van der Waals surface area contributed by atoms with Gasteiger partial charge in [0.2, 0.25) is 0 Å². The molecule has 0 amide bonds. The summed E-state index contributed by atoms with van der Waals surface area (Å²) in [6, 6.07) is 4.80. The van der Waals surface area contributed by atoms with Crippen molar-refractivity contribution in [3.63, 3.8) is 0 Å². The lowest BCUT2D eigenvalue weighted by atomic mass is 10.2. The normalized spacial score (nSPS) is 15.7. The summed E-state index contributed by atoms with van der Waals surface area (Å²) in [7, 11) is 0. The first-order valence-corrected chi connectivity index (χ1v) is 6.04. The van der Waals surface area contributed by atoms with E-state index in [1.165, 1.54) is 31.2 Å². The third-order valence-corrected chi connectivity index (χ3v) is 2.62. The van der Waals surface area contributed by atoms with Crippen LogP contribution in [0.4, 0.5) is 5.82 Å². The Kier molecular flexibility index (Phi) is 5.16. The summed E-state index contributed by atoms with van der Waals surface area (Å²) in [5.74, 6) is 1.03. The maximum absolute atomic E-state index is 4.29. The molecule has 84 valence electrons. The molecule has 0 aromatic carbocycles. The molecule has 0 saturated heterocycles. The minimum absolute atomic E-state index is 0.661. The monoisotopic (exact) mass is 206 g/mol. The zero-order valence-corrected chi connectivity index (χ0v) is 10.1. The van der Waals surface area contributed by atoms with E-state index < -0.39 is 0 Å². The highest BCUT2D eigenvalue weighted by atomic mass is 15.0. The summed E-state index contributed by atoms with van der Waals surface area (Å²) in [4.78, 5) is 4.29. The van der Waals surface area contributed by atoms with Crippen LogP contribution in [0.15, 0.2) is 18.3 Å². The van der Waals surface area contributed by atoms with Crippen molar-refractivity contribution in [2.45, 2.75) is 52.5 Å². The van der Waals surface area contributed by atoms with Gasteiger partial charge in [-0.05, 0) is 37.5 Å². The van der Waals surface area contributed by atoms with Crippen LogP contribution in [0.5, 0.6) is 0 Å². The van der Waals surface area contributed by atoms with Gasteiger partial charge in [0.1, 0.15) is 5.82 Å². The zero-order chi connectivity index (χ0) is 11.1.